The SMILES string of the molecule is c1ccc(COc2ccc(-c3noc(-c4cnn5cccnc45)n3)cn2)cc1. The molecule has 0 aliphatic carbocycles. The van der Waals surface area contributed by atoms with Crippen LogP contribution < -0.4 is 4.74 Å². The number of aromatic nitrogens is 6. The normalized spacial score (nSPS) is 11.0. The zero-order valence-electron chi connectivity index (χ0n) is 14.6. The molecule has 136 valence electrons. The summed E-state index contributed by atoms with van der Waals surface area (Å²) in [5, 5.41) is 8.27. The molecule has 0 atom stereocenters. The molecule has 4 aromatic heterocycles. The molecule has 5 rings (SSSR count). The number of ether oxygens (including phenoxy) is 1. The highest BCUT2D eigenvalue weighted by Crippen LogP contribution is 2.25. The molecule has 4 heterocycles. The van der Waals surface area contributed by atoms with E-state index < -0.39 is 0 Å². The van der Waals surface area contributed by atoms with Crippen molar-refractivity contribution in [2.24, 2.45) is 0 Å². The van der Waals surface area contributed by atoms with Crippen molar-refractivity contribution in [2.75, 3.05) is 0 Å². The van der Waals surface area contributed by atoms with E-state index in [1.165, 1.54) is 0 Å². The lowest BCUT2D eigenvalue weighted by molar-refractivity contribution is 0.294. The number of fused-ring (bicyclic) bond motifs is 1. The summed E-state index contributed by atoms with van der Waals surface area (Å²) in [5.74, 6) is 1.32. The average molecular weight is 370 g/mol. The van der Waals surface area contributed by atoms with E-state index in [0.717, 1.165) is 11.1 Å². The number of benzene rings is 1. The van der Waals surface area contributed by atoms with E-state index in [0.29, 0.717) is 35.4 Å². The third kappa shape index (κ3) is 3.07. The Morgan fingerprint density at radius 1 is 0.964 bits per heavy atom. The summed E-state index contributed by atoms with van der Waals surface area (Å²) in [6.45, 7) is 0.460. The maximum atomic E-state index is 5.70. The molecule has 0 aliphatic rings. The van der Waals surface area contributed by atoms with E-state index in [-0.39, 0.29) is 0 Å². The van der Waals surface area contributed by atoms with Crippen LogP contribution in [-0.4, -0.2) is 29.7 Å². The van der Waals surface area contributed by atoms with E-state index >= 15 is 0 Å². The molecule has 28 heavy (non-hydrogen) atoms. The van der Waals surface area contributed by atoms with Gasteiger partial charge in [0.25, 0.3) is 5.89 Å². The summed E-state index contributed by atoms with van der Waals surface area (Å²) in [4.78, 5) is 13.1. The van der Waals surface area contributed by atoms with Gasteiger partial charge in [0.1, 0.15) is 12.2 Å². The van der Waals surface area contributed by atoms with Crippen LogP contribution in [0.1, 0.15) is 5.56 Å². The second kappa shape index (κ2) is 6.92. The maximum Gasteiger partial charge on any atom is 0.263 e. The molecule has 8 nitrogen and oxygen atoms in total. The van der Waals surface area contributed by atoms with Gasteiger partial charge in [-0.25, -0.2) is 14.5 Å². The largest absolute Gasteiger partial charge is 0.473 e. The Hall–Kier alpha value is -4.07. The minimum atomic E-state index is 0.355. The lowest BCUT2D eigenvalue weighted by Gasteiger charge is -2.05. The van der Waals surface area contributed by atoms with E-state index in [1.54, 1.807) is 41.4 Å². The summed E-state index contributed by atoms with van der Waals surface area (Å²) in [6, 6.07) is 15.4. The van der Waals surface area contributed by atoms with Gasteiger partial charge in [0.2, 0.25) is 11.7 Å². The maximum absolute atomic E-state index is 5.70. The highest BCUT2D eigenvalue weighted by molar-refractivity contribution is 5.71. The van der Waals surface area contributed by atoms with Gasteiger partial charge in [-0.2, -0.15) is 10.1 Å². The van der Waals surface area contributed by atoms with Gasteiger partial charge in [0.05, 0.1) is 6.20 Å². The van der Waals surface area contributed by atoms with Gasteiger partial charge < -0.3 is 9.26 Å². The lowest BCUT2D eigenvalue weighted by Crippen LogP contribution is -1.96. The molecule has 0 fully saturated rings. The Kier molecular flexibility index (Phi) is 3.98. The molecule has 0 radical (unpaired) electrons. The molecule has 0 saturated carbocycles. The smallest absolute Gasteiger partial charge is 0.263 e. The molecule has 0 aliphatic heterocycles. The van der Waals surface area contributed by atoms with Gasteiger partial charge in [0.15, 0.2) is 5.65 Å². The third-order valence-corrected chi connectivity index (χ3v) is 4.16. The molecular formula is C20H14N6O2. The number of pyridine rings is 1. The monoisotopic (exact) mass is 370 g/mol. The summed E-state index contributed by atoms with van der Waals surface area (Å²) in [7, 11) is 0. The molecule has 1 aromatic carbocycles. The van der Waals surface area contributed by atoms with Gasteiger partial charge >= 0.3 is 0 Å². The molecule has 5 aromatic rings. The summed E-state index contributed by atoms with van der Waals surface area (Å²) < 4.78 is 12.7. The second-order valence-electron chi connectivity index (χ2n) is 6.03. The Morgan fingerprint density at radius 3 is 2.75 bits per heavy atom. The fourth-order valence-corrected chi connectivity index (χ4v) is 2.76. The molecule has 0 unspecified atom stereocenters. The van der Waals surface area contributed by atoms with E-state index in [1.807, 2.05) is 36.4 Å². The van der Waals surface area contributed by atoms with Crippen LogP contribution in [0.15, 0.2) is 77.8 Å². The Balaban J connectivity index is 1.34. The predicted octanol–water partition coefficient (Wildman–Crippen LogP) is 3.42. The fraction of sp³-hybridized carbons (Fsp3) is 0.0500. The van der Waals surface area contributed by atoms with E-state index in [2.05, 4.69) is 25.2 Å². The first-order valence-corrected chi connectivity index (χ1v) is 8.62. The molecule has 0 amide bonds. The van der Waals surface area contributed by atoms with E-state index in [4.69, 9.17) is 9.26 Å². The topological polar surface area (TPSA) is 91.2 Å². The van der Waals surface area contributed by atoms with Crippen molar-refractivity contribution < 1.29 is 9.26 Å². The van der Waals surface area contributed by atoms with Crippen molar-refractivity contribution in [1.82, 2.24) is 29.7 Å². The van der Waals surface area contributed by atoms with Crippen molar-refractivity contribution in [3.8, 4) is 28.7 Å². The standard InChI is InChI=1S/C20H14N6O2/c1-2-5-14(6-3-1)13-27-17-8-7-15(11-22-17)18-24-20(28-25-18)16-12-23-26-10-4-9-21-19(16)26/h1-12H,13H2. The summed E-state index contributed by atoms with van der Waals surface area (Å²) in [5.41, 5.74) is 3.14. The quantitative estimate of drug-likeness (QED) is 0.468. The van der Waals surface area contributed by atoms with Crippen LogP contribution in [-0.2, 0) is 6.61 Å². The first kappa shape index (κ1) is 16.1. The van der Waals surface area contributed by atoms with Crippen molar-refractivity contribution in [3.05, 3.63) is 78.9 Å². The Bertz CT molecular complexity index is 1210. The Labute approximate surface area is 159 Å². The van der Waals surface area contributed by atoms with Crippen LogP contribution in [0.4, 0.5) is 0 Å². The van der Waals surface area contributed by atoms with Crippen LogP contribution in [0, 0.1) is 0 Å². The fourth-order valence-electron chi connectivity index (χ4n) is 2.76. The van der Waals surface area contributed by atoms with E-state index in [9.17, 15) is 0 Å². The van der Waals surface area contributed by atoms with Gasteiger partial charge in [-0.1, -0.05) is 35.5 Å². The minimum Gasteiger partial charge on any atom is -0.473 e. The highest BCUT2D eigenvalue weighted by atomic mass is 16.5. The van der Waals surface area contributed by atoms with Crippen LogP contribution >= 0.6 is 0 Å². The van der Waals surface area contributed by atoms with Crippen molar-refractivity contribution >= 4 is 5.65 Å². The molecule has 8 heteroatoms. The van der Waals surface area contributed by atoms with Crippen LogP contribution in [0.5, 0.6) is 5.88 Å². The zero-order chi connectivity index (χ0) is 18.8. The molecule has 0 N–H and O–H groups in total. The molecule has 0 saturated heterocycles. The summed E-state index contributed by atoms with van der Waals surface area (Å²) in [6.07, 6.45) is 6.80. The number of nitrogens with zero attached hydrogens (tertiary/aromatic N) is 6. The van der Waals surface area contributed by atoms with Crippen LogP contribution in [0.2, 0.25) is 0 Å². The average Bonchev–Trinajstić information content (AvgIpc) is 3.40. The van der Waals surface area contributed by atoms with Crippen LogP contribution in [0.25, 0.3) is 28.5 Å². The molecule has 0 bridgehead atoms. The van der Waals surface area contributed by atoms with Crippen LogP contribution in [0.3, 0.4) is 0 Å². The van der Waals surface area contributed by atoms with Gasteiger partial charge in [-0.05, 0) is 17.7 Å². The van der Waals surface area contributed by atoms with Gasteiger partial charge in [-0.3, -0.25) is 0 Å². The first-order valence-electron chi connectivity index (χ1n) is 8.62. The van der Waals surface area contributed by atoms with Crippen molar-refractivity contribution in [2.45, 2.75) is 6.61 Å². The van der Waals surface area contributed by atoms with Crippen molar-refractivity contribution in [3.63, 3.8) is 0 Å². The number of hydrogen-bond donors (Lipinski definition) is 0. The van der Waals surface area contributed by atoms with Crippen molar-refractivity contribution in [1.29, 1.82) is 0 Å². The second-order valence-corrected chi connectivity index (χ2v) is 6.03. The highest BCUT2D eigenvalue weighted by Gasteiger charge is 2.16. The van der Waals surface area contributed by atoms with Gasteiger partial charge in [0, 0.05) is 30.2 Å². The zero-order valence-corrected chi connectivity index (χ0v) is 14.6. The molecule has 0 spiro atoms. The minimum absolute atomic E-state index is 0.355. The summed E-state index contributed by atoms with van der Waals surface area (Å²) >= 11 is 0. The number of rotatable bonds is 5. The lowest BCUT2D eigenvalue weighted by atomic mass is 10.2. The third-order valence-electron chi connectivity index (χ3n) is 4.16. The Morgan fingerprint density at radius 2 is 1.89 bits per heavy atom. The predicted molar refractivity (Wildman–Crippen MR) is 100 cm³/mol. The first-order chi connectivity index (χ1) is 13.9. The van der Waals surface area contributed by atoms with Gasteiger partial charge in [-0.15, -0.1) is 0 Å². The number of hydrogen-bond acceptors (Lipinski definition) is 7. The molecular weight excluding hydrogens is 356 g/mol.